The maximum Gasteiger partial charge on any atom is 0.146 e. The molecule has 1 aromatic rings. The highest BCUT2D eigenvalue weighted by atomic mass is 127. The minimum absolute atomic E-state index is 0.0866. The van der Waals surface area contributed by atoms with Crippen LogP contribution in [-0.4, -0.2) is 10.2 Å². The third-order valence-corrected chi connectivity index (χ3v) is 3.26. The predicted molar refractivity (Wildman–Crippen MR) is 65.3 cm³/mol. The molecule has 0 heterocycles. The van der Waals surface area contributed by atoms with Crippen molar-refractivity contribution in [1.82, 2.24) is 0 Å². The Bertz CT molecular complexity index is 334. The van der Waals surface area contributed by atoms with Crippen LogP contribution in [0.15, 0.2) is 12.6 Å². The Morgan fingerprint density at radius 3 is 2.33 bits per heavy atom. The Labute approximate surface area is 97.6 Å². The minimum Gasteiger partial charge on any atom is -0.506 e. The highest BCUT2D eigenvalue weighted by molar-refractivity contribution is 14.1. The number of hydrogen-bond donors (Lipinski definition) is 2. The zero-order valence-corrected chi connectivity index (χ0v) is 10.3. The van der Waals surface area contributed by atoms with Crippen molar-refractivity contribution in [3.63, 3.8) is 0 Å². The summed E-state index contributed by atoms with van der Waals surface area (Å²) in [6, 6.07) is 1.68. The van der Waals surface area contributed by atoms with Gasteiger partial charge in [-0.1, -0.05) is 12.7 Å². The average molecular weight is 388 g/mol. The van der Waals surface area contributed by atoms with Crippen molar-refractivity contribution in [3.8, 4) is 11.5 Å². The molecule has 1 rings (SSSR count). The van der Waals surface area contributed by atoms with Gasteiger partial charge in [0.1, 0.15) is 11.5 Å². The van der Waals surface area contributed by atoms with Crippen LogP contribution in [0.3, 0.4) is 0 Å². The third-order valence-electron chi connectivity index (χ3n) is 1.42. The van der Waals surface area contributed by atoms with Gasteiger partial charge < -0.3 is 10.2 Å². The summed E-state index contributed by atoms with van der Waals surface area (Å²) < 4.78 is 1.18. The molecule has 1 aromatic carbocycles. The lowest BCUT2D eigenvalue weighted by atomic mass is 10.2. The van der Waals surface area contributed by atoms with E-state index in [0.717, 1.165) is 0 Å². The van der Waals surface area contributed by atoms with Crippen LogP contribution in [0.25, 0.3) is 6.08 Å². The van der Waals surface area contributed by atoms with Crippen LogP contribution in [0.5, 0.6) is 11.5 Å². The maximum absolute atomic E-state index is 9.46. The fourth-order valence-electron chi connectivity index (χ4n) is 0.773. The van der Waals surface area contributed by atoms with E-state index in [1.165, 1.54) is 0 Å². The minimum atomic E-state index is 0.0866. The molecule has 0 amide bonds. The topological polar surface area (TPSA) is 40.5 Å². The van der Waals surface area contributed by atoms with Crippen molar-refractivity contribution >= 4 is 51.3 Å². The van der Waals surface area contributed by atoms with Crippen LogP contribution in [0.1, 0.15) is 5.56 Å². The Morgan fingerprint density at radius 2 is 1.83 bits per heavy atom. The molecule has 0 aliphatic heterocycles. The van der Waals surface area contributed by atoms with Gasteiger partial charge >= 0.3 is 0 Å². The Balaban J connectivity index is 3.49. The van der Waals surface area contributed by atoms with Crippen molar-refractivity contribution in [1.29, 1.82) is 0 Å². The molecule has 0 bridgehead atoms. The van der Waals surface area contributed by atoms with E-state index in [4.69, 9.17) is 0 Å². The first-order chi connectivity index (χ1) is 5.57. The summed E-state index contributed by atoms with van der Waals surface area (Å²) in [5.74, 6) is 0.211. The standard InChI is InChI=1S/C8H6I2O2/c1-2-4-3-5(9)8(12)6(10)7(4)11/h2-3,11-12H,1H2. The maximum atomic E-state index is 9.46. The van der Waals surface area contributed by atoms with Crippen molar-refractivity contribution in [2.24, 2.45) is 0 Å². The Kier molecular flexibility index (Phi) is 3.22. The summed E-state index contributed by atoms with van der Waals surface area (Å²) in [7, 11) is 0. The molecule has 0 aromatic heterocycles. The molecule has 0 spiro atoms. The van der Waals surface area contributed by atoms with Crippen LogP contribution in [-0.2, 0) is 0 Å². The first-order valence-corrected chi connectivity index (χ1v) is 5.26. The normalized spacial score (nSPS) is 9.83. The molecule has 0 fully saturated rings. The molecule has 4 heteroatoms. The van der Waals surface area contributed by atoms with Gasteiger partial charge in [0, 0.05) is 5.56 Å². The molecular weight excluding hydrogens is 382 g/mol. The largest absolute Gasteiger partial charge is 0.506 e. The van der Waals surface area contributed by atoms with Gasteiger partial charge in [-0.15, -0.1) is 0 Å². The summed E-state index contributed by atoms with van der Waals surface area (Å²) in [6.07, 6.45) is 1.55. The molecule has 2 N–H and O–H groups in total. The molecule has 0 saturated heterocycles. The lowest BCUT2D eigenvalue weighted by molar-refractivity contribution is 0.440. The smallest absolute Gasteiger partial charge is 0.146 e. The lowest BCUT2D eigenvalue weighted by Gasteiger charge is -2.05. The number of hydrogen-bond acceptors (Lipinski definition) is 2. The molecule has 12 heavy (non-hydrogen) atoms. The second kappa shape index (κ2) is 3.82. The Morgan fingerprint density at radius 1 is 1.25 bits per heavy atom. The van der Waals surface area contributed by atoms with Crippen molar-refractivity contribution in [2.75, 3.05) is 0 Å². The van der Waals surface area contributed by atoms with E-state index in [1.807, 2.05) is 45.2 Å². The number of phenolic OH excluding ortho intramolecular Hbond substituents is 2. The number of aromatic hydroxyl groups is 2. The SMILES string of the molecule is C=Cc1cc(I)c(O)c(I)c1O. The van der Waals surface area contributed by atoms with E-state index in [9.17, 15) is 10.2 Å². The summed E-state index contributed by atoms with van der Waals surface area (Å²) in [5, 5.41) is 18.9. The number of phenols is 2. The summed E-state index contributed by atoms with van der Waals surface area (Å²) in [4.78, 5) is 0. The molecule has 0 atom stereocenters. The molecule has 64 valence electrons. The Hall–Kier alpha value is 0.0200. The summed E-state index contributed by atoms with van der Waals surface area (Å²) >= 11 is 3.89. The molecule has 0 unspecified atom stereocenters. The molecule has 0 saturated carbocycles. The quantitative estimate of drug-likeness (QED) is 0.727. The van der Waals surface area contributed by atoms with Crippen LogP contribution in [0.4, 0.5) is 0 Å². The van der Waals surface area contributed by atoms with Gasteiger partial charge in [0.15, 0.2) is 0 Å². The van der Waals surface area contributed by atoms with Crippen molar-refractivity contribution in [2.45, 2.75) is 0 Å². The summed E-state index contributed by atoms with van der Waals surface area (Å²) in [6.45, 7) is 3.56. The van der Waals surface area contributed by atoms with E-state index < -0.39 is 0 Å². The second-order valence-corrected chi connectivity index (χ2v) is 4.40. The number of halogens is 2. The molecular formula is C8H6I2O2. The third kappa shape index (κ3) is 1.68. The number of rotatable bonds is 1. The van der Waals surface area contributed by atoms with Gasteiger partial charge in [0.2, 0.25) is 0 Å². The van der Waals surface area contributed by atoms with Gasteiger partial charge in [-0.05, 0) is 51.2 Å². The van der Waals surface area contributed by atoms with Gasteiger partial charge in [-0.2, -0.15) is 0 Å². The van der Waals surface area contributed by atoms with Crippen molar-refractivity contribution in [3.05, 3.63) is 25.3 Å². The van der Waals surface area contributed by atoms with E-state index in [2.05, 4.69) is 6.58 Å². The van der Waals surface area contributed by atoms with Crippen molar-refractivity contribution < 1.29 is 10.2 Å². The first-order valence-electron chi connectivity index (χ1n) is 3.10. The second-order valence-electron chi connectivity index (χ2n) is 2.16. The predicted octanol–water partition coefficient (Wildman–Crippen LogP) is 2.95. The fourth-order valence-corrected chi connectivity index (χ4v) is 2.50. The van der Waals surface area contributed by atoms with Gasteiger partial charge in [-0.25, -0.2) is 0 Å². The molecule has 2 nitrogen and oxygen atoms in total. The fraction of sp³-hybridized carbons (Fsp3) is 0. The molecule has 0 aliphatic carbocycles. The monoisotopic (exact) mass is 388 g/mol. The molecule has 0 radical (unpaired) electrons. The van der Waals surface area contributed by atoms with Gasteiger partial charge in [-0.3, -0.25) is 0 Å². The first kappa shape index (κ1) is 10.1. The van der Waals surface area contributed by atoms with Crippen LogP contribution < -0.4 is 0 Å². The zero-order valence-electron chi connectivity index (χ0n) is 6.01. The average Bonchev–Trinajstić information content (AvgIpc) is 2.08. The highest BCUT2D eigenvalue weighted by Gasteiger charge is 2.11. The van der Waals surface area contributed by atoms with Crippen LogP contribution in [0.2, 0.25) is 0 Å². The zero-order chi connectivity index (χ0) is 9.30. The van der Waals surface area contributed by atoms with Crippen LogP contribution >= 0.6 is 45.2 Å². The van der Waals surface area contributed by atoms with Crippen LogP contribution in [0, 0.1) is 7.14 Å². The molecule has 0 aliphatic rings. The lowest BCUT2D eigenvalue weighted by Crippen LogP contribution is -1.84. The summed E-state index contributed by atoms with van der Waals surface area (Å²) in [5.41, 5.74) is 0.640. The number of benzene rings is 1. The van der Waals surface area contributed by atoms with E-state index in [0.29, 0.717) is 12.7 Å². The van der Waals surface area contributed by atoms with E-state index >= 15 is 0 Å². The van der Waals surface area contributed by atoms with Gasteiger partial charge in [0.05, 0.1) is 7.14 Å². The highest BCUT2D eigenvalue weighted by Crippen LogP contribution is 2.36. The van der Waals surface area contributed by atoms with E-state index in [-0.39, 0.29) is 11.5 Å². The van der Waals surface area contributed by atoms with Gasteiger partial charge in [0.25, 0.3) is 0 Å². The van der Waals surface area contributed by atoms with E-state index in [1.54, 1.807) is 12.1 Å².